The lowest BCUT2D eigenvalue weighted by Gasteiger charge is -2.16. The van der Waals surface area contributed by atoms with Crippen molar-refractivity contribution in [3.05, 3.63) is 29.6 Å². The molecule has 0 atom stereocenters. The standard InChI is InChI=1S/C12H14N2O3/c1-14(7-8-5-6-8)11(15)9-3-2-4-10(13-9)12(16)17/h2-4,8H,5-7H2,1H3,(H,16,17). The van der Waals surface area contributed by atoms with Crippen LogP contribution in [-0.2, 0) is 0 Å². The summed E-state index contributed by atoms with van der Waals surface area (Å²) in [7, 11) is 1.72. The van der Waals surface area contributed by atoms with Gasteiger partial charge in [-0.1, -0.05) is 6.07 Å². The molecule has 0 aromatic carbocycles. The molecule has 0 radical (unpaired) electrons. The molecule has 1 N–H and O–H groups in total. The van der Waals surface area contributed by atoms with Gasteiger partial charge in [-0.2, -0.15) is 0 Å². The summed E-state index contributed by atoms with van der Waals surface area (Å²) in [6.07, 6.45) is 2.33. The predicted octanol–water partition coefficient (Wildman–Crippen LogP) is 1.26. The van der Waals surface area contributed by atoms with Gasteiger partial charge in [0.15, 0.2) is 0 Å². The fourth-order valence-electron chi connectivity index (χ4n) is 1.64. The first kappa shape index (κ1) is 11.6. The number of carboxylic acids is 1. The van der Waals surface area contributed by atoms with Crippen LogP contribution in [0.25, 0.3) is 0 Å². The smallest absolute Gasteiger partial charge is 0.354 e. The lowest BCUT2D eigenvalue weighted by molar-refractivity contribution is 0.0690. The summed E-state index contributed by atoms with van der Waals surface area (Å²) in [5, 5.41) is 8.80. The molecular weight excluding hydrogens is 220 g/mol. The number of carbonyl (C=O) groups excluding carboxylic acids is 1. The Morgan fingerprint density at radius 1 is 1.41 bits per heavy atom. The Balaban J connectivity index is 2.11. The third-order valence-corrected chi connectivity index (χ3v) is 2.76. The SMILES string of the molecule is CN(CC1CC1)C(=O)c1cccc(C(=O)O)n1. The normalized spacial score (nSPS) is 14.4. The summed E-state index contributed by atoms with van der Waals surface area (Å²) >= 11 is 0. The van der Waals surface area contributed by atoms with E-state index in [0.717, 1.165) is 6.54 Å². The maximum absolute atomic E-state index is 12.0. The lowest BCUT2D eigenvalue weighted by Crippen LogP contribution is -2.29. The molecule has 1 aromatic heterocycles. The van der Waals surface area contributed by atoms with Crippen molar-refractivity contribution in [2.24, 2.45) is 5.92 Å². The van der Waals surface area contributed by atoms with Gasteiger partial charge in [-0.15, -0.1) is 0 Å². The van der Waals surface area contributed by atoms with E-state index in [2.05, 4.69) is 4.98 Å². The minimum absolute atomic E-state index is 0.101. The quantitative estimate of drug-likeness (QED) is 0.851. The van der Waals surface area contributed by atoms with Crippen molar-refractivity contribution < 1.29 is 14.7 Å². The molecular formula is C12H14N2O3. The molecule has 0 bridgehead atoms. The fourth-order valence-corrected chi connectivity index (χ4v) is 1.64. The molecule has 17 heavy (non-hydrogen) atoms. The van der Waals surface area contributed by atoms with Gasteiger partial charge < -0.3 is 10.0 Å². The van der Waals surface area contributed by atoms with Crippen molar-refractivity contribution in [3.63, 3.8) is 0 Å². The van der Waals surface area contributed by atoms with Gasteiger partial charge in [0.25, 0.3) is 5.91 Å². The number of rotatable bonds is 4. The van der Waals surface area contributed by atoms with Crippen LogP contribution in [0.1, 0.15) is 33.8 Å². The first-order valence-electron chi connectivity index (χ1n) is 5.53. The van der Waals surface area contributed by atoms with Crippen LogP contribution >= 0.6 is 0 Å². The third kappa shape index (κ3) is 2.81. The van der Waals surface area contributed by atoms with Crippen molar-refractivity contribution in [2.75, 3.05) is 13.6 Å². The van der Waals surface area contributed by atoms with Gasteiger partial charge in [0.1, 0.15) is 11.4 Å². The predicted molar refractivity (Wildman–Crippen MR) is 60.9 cm³/mol. The molecule has 0 unspecified atom stereocenters. The van der Waals surface area contributed by atoms with Gasteiger partial charge in [0.2, 0.25) is 0 Å². The van der Waals surface area contributed by atoms with Crippen LogP contribution in [0.4, 0.5) is 0 Å². The summed E-state index contributed by atoms with van der Waals surface area (Å²) in [5.41, 5.74) is 0.0868. The highest BCUT2D eigenvalue weighted by molar-refractivity contribution is 5.94. The Hall–Kier alpha value is -1.91. The van der Waals surface area contributed by atoms with Gasteiger partial charge in [0, 0.05) is 13.6 Å². The van der Waals surface area contributed by atoms with E-state index in [9.17, 15) is 9.59 Å². The number of aromatic nitrogens is 1. The lowest BCUT2D eigenvalue weighted by atomic mass is 10.2. The Morgan fingerprint density at radius 3 is 2.65 bits per heavy atom. The van der Waals surface area contributed by atoms with E-state index in [1.165, 1.54) is 31.0 Å². The zero-order valence-corrected chi connectivity index (χ0v) is 9.59. The average Bonchev–Trinajstić information content (AvgIpc) is 3.12. The van der Waals surface area contributed by atoms with E-state index in [-0.39, 0.29) is 17.3 Å². The molecule has 1 aromatic rings. The van der Waals surface area contributed by atoms with Crippen LogP contribution in [0.15, 0.2) is 18.2 Å². The molecule has 0 aliphatic heterocycles. The van der Waals surface area contributed by atoms with Gasteiger partial charge in [-0.25, -0.2) is 9.78 Å². The van der Waals surface area contributed by atoms with Crippen LogP contribution in [0.3, 0.4) is 0 Å². The first-order valence-corrected chi connectivity index (χ1v) is 5.53. The summed E-state index contributed by atoms with van der Waals surface area (Å²) in [5.74, 6) is -0.740. The summed E-state index contributed by atoms with van der Waals surface area (Å²) in [6.45, 7) is 0.720. The monoisotopic (exact) mass is 234 g/mol. The van der Waals surface area contributed by atoms with Gasteiger partial charge in [-0.05, 0) is 30.9 Å². The molecule has 0 saturated heterocycles. The number of pyridine rings is 1. The summed E-state index contributed by atoms with van der Waals surface area (Å²) < 4.78 is 0. The van der Waals surface area contributed by atoms with Gasteiger partial charge in [-0.3, -0.25) is 4.79 Å². The van der Waals surface area contributed by atoms with E-state index >= 15 is 0 Å². The molecule has 2 rings (SSSR count). The van der Waals surface area contributed by atoms with Crippen molar-refractivity contribution in [2.45, 2.75) is 12.8 Å². The van der Waals surface area contributed by atoms with E-state index in [4.69, 9.17) is 5.11 Å². The van der Waals surface area contributed by atoms with Crippen LogP contribution in [0.5, 0.6) is 0 Å². The maximum atomic E-state index is 12.0. The molecule has 1 heterocycles. The van der Waals surface area contributed by atoms with Gasteiger partial charge in [0.05, 0.1) is 0 Å². The molecule has 0 spiro atoms. The topological polar surface area (TPSA) is 70.5 Å². The second-order valence-corrected chi connectivity index (χ2v) is 4.34. The second-order valence-electron chi connectivity index (χ2n) is 4.34. The Labute approximate surface area is 99.1 Å². The van der Waals surface area contributed by atoms with Crippen LogP contribution in [0.2, 0.25) is 0 Å². The molecule has 1 saturated carbocycles. The molecule has 1 aliphatic carbocycles. The zero-order valence-electron chi connectivity index (χ0n) is 9.59. The summed E-state index contributed by atoms with van der Waals surface area (Å²) in [6, 6.07) is 4.45. The molecule has 1 amide bonds. The number of hydrogen-bond donors (Lipinski definition) is 1. The fraction of sp³-hybridized carbons (Fsp3) is 0.417. The van der Waals surface area contributed by atoms with E-state index in [1.807, 2.05) is 0 Å². The van der Waals surface area contributed by atoms with Crippen molar-refractivity contribution in [3.8, 4) is 0 Å². The summed E-state index contributed by atoms with van der Waals surface area (Å²) in [4.78, 5) is 28.1. The third-order valence-electron chi connectivity index (χ3n) is 2.76. The zero-order chi connectivity index (χ0) is 12.4. The van der Waals surface area contributed by atoms with E-state index < -0.39 is 5.97 Å². The van der Waals surface area contributed by atoms with E-state index in [0.29, 0.717) is 5.92 Å². The van der Waals surface area contributed by atoms with Crippen molar-refractivity contribution >= 4 is 11.9 Å². The highest BCUT2D eigenvalue weighted by Crippen LogP contribution is 2.29. The highest BCUT2D eigenvalue weighted by Gasteiger charge is 2.25. The largest absolute Gasteiger partial charge is 0.477 e. The Morgan fingerprint density at radius 2 is 2.06 bits per heavy atom. The minimum atomic E-state index is -1.12. The number of hydrogen-bond acceptors (Lipinski definition) is 3. The minimum Gasteiger partial charge on any atom is -0.477 e. The van der Waals surface area contributed by atoms with E-state index in [1.54, 1.807) is 11.9 Å². The molecule has 90 valence electrons. The second kappa shape index (κ2) is 4.53. The van der Waals surface area contributed by atoms with Crippen LogP contribution in [0, 0.1) is 5.92 Å². The first-order chi connectivity index (χ1) is 8.08. The number of carboxylic acid groups (broad SMARTS) is 1. The van der Waals surface area contributed by atoms with Crippen molar-refractivity contribution in [1.29, 1.82) is 0 Å². The molecule has 5 heteroatoms. The average molecular weight is 234 g/mol. The maximum Gasteiger partial charge on any atom is 0.354 e. The number of nitrogens with zero attached hydrogens (tertiary/aromatic N) is 2. The Kier molecular flexibility index (Phi) is 3.08. The molecule has 5 nitrogen and oxygen atoms in total. The van der Waals surface area contributed by atoms with Crippen LogP contribution < -0.4 is 0 Å². The number of amides is 1. The molecule has 1 aliphatic rings. The van der Waals surface area contributed by atoms with Crippen molar-refractivity contribution in [1.82, 2.24) is 9.88 Å². The Bertz CT molecular complexity index is 455. The highest BCUT2D eigenvalue weighted by atomic mass is 16.4. The van der Waals surface area contributed by atoms with Crippen LogP contribution in [-0.4, -0.2) is 40.5 Å². The molecule has 1 fully saturated rings. The number of carbonyl (C=O) groups is 2. The number of aromatic carboxylic acids is 1. The van der Waals surface area contributed by atoms with Gasteiger partial charge >= 0.3 is 5.97 Å².